The van der Waals surface area contributed by atoms with Crippen LogP contribution in [0.2, 0.25) is 0 Å². The molecular weight excluding hydrogens is 396 g/mol. The number of nitrogens with one attached hydrogen (secondary N) is 1. The summed E-state index contributed by atoms with van der Waals surface area (Å²) in [6.07, 6.45) is 0.804. The Morgan fingerprint density at radius 3 is 2.68 bits per heavy atom. The summed E-state index contributed by atoms with van der Waals surface area (Å²) in [5.41, 5.74) is 1.27. The number of carbonyl (C=O) groups excluding carboxylic acids is 1. The molecule has 3 heterocycles. The van der Waals surface area contributed by atoms with Gasteiger partial charge in [-0.15, -0.1) is 0 Å². The molecular formula is C24H25N2O5+. The third-order valence-corrected chi connectivity index (χ3v) is 6.19. The van der Waals surface area contributed by atoms with Gasteiger partial charge in [0.2, 0.25) is 5.76 Å². The zero-order valence-corrected chi connectivity index (χ0v) is 17.2. The number of benzene rings is 2. The van der Waals surface area contributed by atoms with Crippen LogP contribution < -0.4 is 10.3 Å². The van der Waals surface area contributed by atoms with Crippen LogP contribution in [0.5, 0.6) is 5.75 Å². The fraction of sp³-hybridized carbons (Fsp3) is 0.333. The van der Waals surface area contributed by atoms with Gasteiger partial charge in [0.15, 0.2) is 5.43 Å². The first-order chi connectivity index (χ1) is 15.1. The lowest BCUT2D eigenvalue weighted by Crippen LogP contribution is -3.14. The number of aromatic hydroxyl groups is 1. The van der Waals surface area contributed by atoms with Crippen molar-refractivity contribution in [1.82, 2.24) is 4.90 Å². The topological polar surface area (TPSA) is 84.4 Å². The van der Waals surface area contributed by atoms with Crippen molar-refractivity contribution in [1.29, 1.82) is 0 Å². The lowest BCUT2D eigenvalue weighted by Gasteiger charge is -2.27. The number of nitrogens with zero attached hydrogens (tertiary/aromatic N) is 1. The van der Waals surface area contributed by atoms with E-state index in [0.29, 0.717) is 28.6 Å². The Morgan fingerprint density at radius 1 is 1.06 bits per heavy atom. The number of phenols is 1. The molecule has 2 N–H and O–H groups in total. The zero-order chi connectivity index (χ0) is 21.4. The molecule has 31 heavy (non-hydrogen) atoms. The molecule has 0 aliphatic carbocycles. The molecule has 3 aromatic rings. The number of amides is 1. The van der Waals surface area contributed by atoms with E-state index >= 15 is 0 Å². The van der Waals surface area contributed by atoms with Crippen LogP contribution in [0.1, 0.15) is 34.1 Å². The van der Waals surface area contributed by atoms with Crippen LogP contribution in [0, 0.1) is 0 Å². The van der Waals surface area contributed by atoms with E-state index in [4.69, 9.17) is 9.15 Å². The molecule has 0 radical (unpaired) electrons. The number of para-hydroxylation sites is 1. The number of hydrogen-bond donors (Lipinski definition) is 2. The minimum absolute atomic E-state index is 0.0984. The summed E-state index contributed by atoms with van der Waals surface area (Å²) in [5, 5.41) is 10.5. The Bertz CT molecular complexity index is 1180. The van der Waals surface area contributed by atoms with Gasteiger partial charge in [-0.2, -0.15) is 0 Å². The molecule has 0 unspecified atom stereocenters. The van der Waals surface area contributed by atoms with Gasteiger partial charge in [-0.1, -0.05) is 24.3 Å². The van der Waals surface area contributed by atoms with E-state index in [9.17, 15) is 14.7 Å². The van der Waals surface area contributed by atoms with Gasteiger partial charge in [-0.25, -0.2) is 0 Å². The van der Waals surface area contributed by atoms with E-state index in [1.165, 1.54) is 4.90 Å². The quantitative estimate of drug-likeness (QED) is 0.650. The number of phenolic OH excluding ortho intramolecular Hbond substituents is 1. The van der Waals surface area contributed by atoms with E-state index in [1.54, 1.807) is 47.4 Å². The summed E-state index contributed by atoms with van der Waals surface area (Å²) in [5.74, 6) is -0.0692. The third-order valence-electron chi connectivity index (χ3n) is 6.19. The molecule has 2 aliphatic heterocycles. The number of carbonyl (C=O) groups is 1. The fourth-order valence-corrected chi connectivity index (χ4v) is 4.65. The summed E-state index contributed by atoms with van der Waals surface area (Å²) >= 11 is 0. The Kier molecular flexibility index (Phi) is 5.21. The molecule has 1 aromatic heterocycles. The molecule has 5 rings (SSSR count). The largest absolute Gasteiger partial charge is 0.508 e. The van der Waals surface area contributed by atoms with Crippen molar-refractivity contribution in [3.05, 3.63) is 75.6 Å². The van der Waals surface area contributed by atoms with Crippen LogP contribution in [0.15, 0.2) is 57.7 Å². The van der Waals surface area contributed by atoms with Crippen LogP contribution in [-0.2, 0) is 4.74 Å². The van der Waals surface area contributed by atoms with Crippen LogP contribution in [0.4, 0.5) is 0 Å². The van der Waals surface area contributed by atoms with E-state index in [-0.39, 0.29) is 22.8 Å². The predicted molar refractivity (Wildman–Crippen MR) is 114 cm³/mol. The molecule has 0 saturated carbocycles. The number of hydrogen-bond acceptors (Lipinski definition) is 5. The van der Waals surface area contributed by atoms with Gasteiger partial charge in [0, 0.05) is 13.0 Å². The second-order valence-electron chi connectivity index (χ2n) is 8.13. The standard InChI is InChI=1S/C24H24N2O5/c27-17-6-3-5-16(15-17)21-20-22(28)18-7-1-2-8-19(18)31-23(20)24(29)26(21)10-4-9-25-11-13-30-14-12-25/h1-3,5-8,15,21,27H,4,9-14H2/p+1/t21-/m1/s1. The van der Waals surface area contributed by atoms with Crippen LogP contribution in [-0.4, -0.2) is 55.3 Å². The highest BCUT2D eigenvalue weighted by Gasteiger charge is 2.42. The summed E-state index contributed by atoms with van der Waals surface area (Å²) in [6, 6.07) is 13.2. The van der Waals surface area contributed by atoms with Crippen LogP contribution in [0.25, 0.3) is 11.0 Å². The minimum Gasteiger partial charge on any atom is -0.508 e. The second kappa shape index (κ2) is 8.17. The maximum atomic E-state index is 13.4. The van der Waals surface area contributed by atoms with E-state index < -0.39 is 6.04 Å². The number of ether oxygens (including phenoxy) is 1. The summed E-state index contributed by atoms with van der Waals surface area (Å²) in [7, 11) is 0. The van der Waals surface area contributed by atoms with Crippen molar-refractivity contribution < 1.29 is 24.0 Å². The van der Waals surface area contributed by atoms with Gasteiger partial charge in [-0.05, 0) is 29.8 Å². The predicted octanol–water partition coefficient (Wildman–Crippen LogP) is 1.35. The zero-order valence-electron chi connectivity index (χ0n) is 17.2. The van der Waals surface area contributed by atoms with Crippen LogP contribution >= 0.6 is 0 Å². The Balaban J connectivity index is 1.53. The summed E-state index contributed by atoms with van der Waals surface area (Å²) in [4.78, 5) is 29.9. The molecule has 1 amide bonds. The number of morpholine rings is 1. The first kappa shape index (κ1) is 19.8. The second-order valence-corrected chi connectivity index (χ2v) is 8.13. The molecule has 0 bridgehead atoms. The summed E-state index contributed by atoms with van der Waals surface area (Å²) < 4.78 is 11.4. The SMILES string of the molecule is O=C1c2oc3ccccc3c(=O)c2[C@@H](c2cccc(O)c2)N1CCC[NH+]1CCOCC1. The van der Waals surface area contributed by atoms with E-state index in [1.807, 2.05) is 6.07 Å². The fourth-order valence-electron chi connectivity index (χ4n) is 4.65. The van der Waals surface area contributed by atoms with Crippen molar-refractivity contribution in [3.63, 3.8) is 0 Å². The molecule has 7 nitrogen and oxygen atoms in total. The molecule has 1 saturated heterocycles. The monoisotopic (exact) mass is 421 g/mol. The third kappa shape index (κ3) is 3.60. The molecule has 2 aliphatic rings. The maximum Gasteiger partial charge on any atom is 0.290 e. The van der Waals surface area contributed by atoms with Gasteiger partial charge >= 0.3 is 0 Å². The van der Waals surface area contributed by atoms with Gasteiger partial charge in [0.05, 0.1) is 36.8 Å². The van der Waals surface area contributed by atoms with Crippen molar-refractivity contribution >= 4 is 16.9 Å². The van der Waals surface area contributed by atoms with Crippen molar-refractivity contribution in [3.8, 4) is 5.75 Å². The first-order valence-electron chi connectivity index (χ1n) is 10.7. The molecule has 0 spiro atoms. The van der Waals surface area contributed by atoms with Gasteiger partial charge in [0.25, 0.3) is 5.91 Å². The number of rotatable bonds is 5. The van der Waals surface area contributed by atoms with E-state index in [0.717, 1.165) is 39.3 Å². The molecule has 160 valence electrons. The molecule has 7 heteroatoms. The Labute approximate surface area is 179 Å². The van der Waals surface area contributed by atoms with E-state index in [2.05, 4.69) is 0 Å². The van der Waals surface area contributed by atoms with Gasteiger partial charge in [0.1, 0.15) is 24.4 Å². The number of quaternary nitrogens is 1. The highest BCUT2D eigenvalue weighted by molar-refractivity contribution is 5.99. The van der Waals surface area contributed by atoms with Crippen molar-refractivity contribution in [2.75, 3.05) is 39.4 Å². The van der Waals surface area contributed by atoms with Crippen molar-refractivity contribution in [2.24, 2.45) is 0 Å². The van der Waals surface area contributed by atoms with Crippen molar-refractivity contribution in [2.45, 2.75) is 12.5 Å². The maximum absolute atomic E-state index is 13.4. The summed E-state index contributed by atoms with van der Waals surface area (Å²) in [6.45, 7) is 4.90. The highest BCUT2D eigenvalue weighted by Crippen LogP contribution is 2.38. The Hall–Kier alpha value is -3.16. The smallest absolute Gasteiger partial charge is 0.290 e. The molecule has 2 aromatic carbocycles. The van der Waals surface area contributed by atoms with Crippen LogP contribution in [0.3, 0.4) is 0 Å². The first-order valence-corrected chi connectivity index (χ1v) is 10.7. The molecule has 1 fully saturated rings. The normalized spacial score (nSPS) is 19.2. The lowest BCUT2D eigenvalue weighted by atomic mass is 9.98. The highest BCUT2D eigenvalue weighted by atomic mass is 16.5. The van der Waals surface area contributed by atoms with Gasteiger partial charge in [-0.3, -0.25) is 9.59 Å². The van der Waals surface area contributed by atoms with Gasteiger partial charge < -0.3 is 24.1 Å². The average molecular weight is 421 g/mol. The number of fused-ring (bicyclic) bond motifs is 2. The average Bonchev–Trinajstić information content (AvgIpc) is 3.07. The minimum atomic E-state index is -0.574. The Morgan fingerprint density at radius 2 is 1.87 bits per heavy atom. The lowest BCUT2D eigenvalue weighted by molar-refractivity contribution is -0.908. The molecule has 1 atom stereocenters.